The lowest BCUT2D eigenvalue weighted by Crippen LogP contribution is -1.96. The Kier molecular flexibility index (Phi) is 3.57. The Morgan fingerprint density at radius 1 is 1.43 bits per heavy atom. The second-order valence-electron chi connectivity index (χ2n) is 2.64. The summed E-state index contributed by atoms with van der Waals surface area (Å²) in [6, 6.07) is 6.50. The molecule has 72 valence electrons. The average Bonchev–Trinajstić information content (AvgIpc) is 2.19. The molecule has 0 aliphatic carbocycles. The van der Waals surface area contributed by atoms with E-state index in [0.29, 0.717) is 6.61 Å². The fourth-order valence-electron chi connectivity index (χ4n) is 0.935. The maximum Gasteiger partial charge on any atom is 0.335 e. The van der Waals surface area contributed by atoms with E-state index in [9.17, 15) is 4.79 Å². The number of benzene rings is 1. The van der Waals surface area contributed by atoms with E-state index in [1.54, 1.807) is 31.2 Å². The summed E-state index contributed by atoms with van der Waals surface area (Å²) >= 11 is 0. The van der Waals surface area contributed by atoms with Crippen molar-refractivity contribution in [1.29, 1.82) is 0 Å². The molecule has 0 unspecified atom stereocenters. The van der Waals surface area contributed by atoms with Crippen molar-refractivity contribution in [2.24, 2.45) is 0 Å². The standard InChI is InChI=1S/C11H10O3/c1-2-7-14-8-9-3-5-10(6-4-9)11(12)13/h3-6H,8H2,1H3,(H,12,13). The van der Waals surface area contributed by atoms with Gasteiger partial charge in [-0.3, -0.25) is 0 Å². The number of aromatic carboxylic acids is 1. The van der Waals surface area contributed by atoms with Crippen molar-refractivity contribution in [1.82, 2.24) is 0 Å². The fraction of sp³-hybridized carbons (Fsp3) is 0.182. The summed E-state index contributed by atoms with van der Waals surface area (Å²) in [6.07, 6.45) is 2.47. The van der Waals surface area contributed by atoms with Gasteiger partial charge in [0, 0.05) is 6.92 Å². The second kappa shape index (κ2) is 4.93. The van der Waals surface area contributed by atoms with Gasteiger partial charge in [0.15, 0.2) is 0 Å². The van der Waals surface area contributed by atoms with Crippen LogP contribution < -0.4 is 0 Å². The van der Waals surface area contributed by atoms with Gasteiger partial charge in [-0.2, -0.15) is 0 Å². The van der Waals surface area contributed by atoms with Crippen LogP contribution in [0.5, 0.6) is 0 Å². The van der Waals surface area contributed by atoms with Crippen LogP contribution in [0.2, 0.25) is 0 Å². The molecule has 1 rings (SSSR count). The molecule has 14 heavy (non-hydrogen) atoms. The lowest BCUT2D eigenvalue weighted by atomic mass is 10.1. The third-order valence-electron chi connectivity index (χ3n) is 1.61. The van der Waals surface area contributed by atoms with Crippen molar-refractivity contribution in [3.05, 3.63) is 35.4 Å². The Labute approximate surface area is 82.3 Å². The number of carboxylic acid groups (broad SMARTS) is 1. The first-order chi connectivity index (χ1) is 6.74. The van der Waals surface area contributed by atoms with E-state index in [1.165, 1.54) is 0 Å². The van der Waals surface area contributed by atoms with Gasteiger partial charge in [0.25, 0.3) is 0 Å². The van der Waals surface area contributed by atoms with Crippen molar-refractivity contribution in [3.8, 4) is 12.0 Å². The molecule has 0 saturated heterocycles. The third-order valence-corrected chi connectivity index (χ3v) is 1.61. The molecule has 0 atom stereocenters. The van der Waals surface area contributed by atoms with Gasteiger partial charge in [0.1, 0.15) is 12.7 Å². The average molecular weight is 190 g/mol. The SMILES string of the molecule is CC#COCc1ccc(C(=O)O)cc1. The number of rotatable bonds is 3. The maximum absolute atomic E-state index is 10.5. The minimum atomic E-state index is -0.925. The summed E-state index contributed by atoms with van der Waals surface area (Å²) in [5.74, 6) is 1.68. The van der Waals surface area contributed by atoms with Gasteiger partial charge in [0.2, 0.25) is 0 Å². The molecule has 3 heteroatoms. The lowest BCUT2D eigenvalue weighted by molar-refractivity contribution is 0.0697. The maximum atomic E-state index is 10.5. The molecule has 1 aromatic rings. The highest BCUT2D eigenvalue weighted by molar-refractivity contribution is 5.87. The van der Waals surface area contributed by atoms with E-state index in [0.717, 1.165) is 5.56 Å². The molecule has 0 aromatic heterocycles. The summed E-state index contributed by atoms with van der Waals surface area (Å²) in [4.78, 5) is 10.5. The van der Waals surface area contributed by atoms with E-state index in [-0.39, 0.29) is 5.56 Å². The first-order valence-corrected chi connectivity index (χ1v) is 4.10. The van der Waals surface area contributed by atoms with Crippen LogP contribution in [-0.4, -0.2) is 11.1 Å². The molecule has 0 radical (unpaired) electrons. The Hall–Kier alpha value is -1.95. The van der Waals surface area contributed by atoms with Crippen molar-refractivity contribution in [2.75, 3.05) is 0 Å². The molecule has 0 amide bonds. The van der Waals surface area contributed by atoms with Crippen molar-refractivity contribution < 1.29 is 14.6 Å². The predicted octanol–water partition coefficient (Wildman–Crippen LogP) is 1.88. The summed E-state index contributed by atoms with van der Waals surface area (Å²) in [5.41, 5.74) is 1.17. The molecule has 0 bridgehead atoms. The zero-order valence-corrected chi connectivity index (χ0v) is 7.78. The van der Waals surface area contributed by atoms with Gasteiger partial charge in [-0.25, -0.2) is 4.79 Å². The Morgan fingerprint density at radius 3 is 2.57 bits per heavy atom. The number of hydrogen-bond acceptors (Lipinski definition) is 2. The zero-order chi connectivity index (χ0) is 10.4. The highest BCUT2D eigenvalue weighted by atomic mass is 16.5. The Balaban J connectivity index is 2.62. The molecule has 0 aliphatic rings. The predicted molar refractivity (Wildman–Crippen MR) is 51.6 cm³/mol. The molecular formula is C11H10O3. The van der Waals surface area contributed by atoms with E-state index in [4.69, 9.17) is 9.84 Å². The van der Waals surface area contributed by atoms with Gasteiger partial charge < -0.3 is 9.84 Å². The summed E-state index contributed by atoms with van der Waals surface area (Å²) in [5, 5.41) is 8.64. The molecular weight excluding hydrogens is 180 g/mol. The minimum Gasteiger partial charge on any atom is -0.478 e. The number of carbonyl (C=O) groups is 1. The summed E-state index contributed by atoms with van der Waals surface area (Å²) in [6.45, 7) is 2.06. The highest BCUT2D eigenvalue weighted by Gasteiger charge is 2.00. The van der Waals surface area contributed by atoms with Crippen LogP contribution in [0.1, 0.15) is 22.8 Å². The first-order valence-electron chi connectivity index (χ1n) is 4.10. The number of hydrogen-bond donors (Lipinski definition) is 1. The van der Waals surface area contributed by atoms with E-state index >= 15 is 0 Å². The topological polar surface area (TPSA) is 46.5 Å². The molecule has 0 spiro atoms. The van der Waals surface area contributed by atoms with Gasteiger partial charge in [0.05, 0.1) is 5.56 Å². The molecule has 1 aromatic carbocycles. The van der Waals surface area contributed by atoms with Crippen LogP contribution in [0.4, 0.5) is 0 Å². The summed E-state index contributed by atoms with van der Waals surface area (Å²) in [7, 11) is 0. The van der Waals surface area contributed by atoms with E-state index < -0.39 is 5.97 Å². The minimum absolute atomic E-state index is 0.273. The van der Waals surface area contributed by atoms with Crippen LogP contribution in [0.15, 0.2) is 24.3 Å². The number of carboxylic acids is 1. The molecule has 0 saturated carbocycles. The van der Waals surface area contributed by atoms with E-state index in [1.807, 2.05) is 0 Å². The van der Waals surface area contributed by atoms with Crippen molar-refractivity contribution in [3.63, 3.8) is 0 Å². The fourth-order valence-corrected chi connectivity index (χ4v) is 0.935. The quantitative estimate of drug-likeness (QED) is 0.740. The van der Waals surface area contributed by atoms with Crippen LogP contribution in [0.25, 0.3) is 0 Å². The van der Waals surface area contributed by atoms with Crippen molar-refractivity contribution in [2.45, 2.75) is 13.5 Å². The molecule has 3 nitrogen and oxygen atoms in total. The Bertz CT molecular complexity index is 368. The smallest absolute Gasteiger partial charge is 0.335 e. The monoisotopic (exact) mass is 190 g/mol. The van der Waals surface area contributed by atoms with Gasteiger partial charge in [-0.1, -0.05) is 18.1 Å². The summed E-state index contributed by atoms with van der Waals surface area (Å²) < 4.78 is 4.96. The second-order valence-corrected chi connectivity index (χ2v) is 2.64. The van der Waals surface area contributed by atoms with Gasteiger partial charge >= 0.3 is 5.97 Å². The van der Waals surface area contributed by atoms with Crippen LogP contribution in [-0.2, 0) is 11.3 Å². The first kappa shape index (κ1) is 10.1. The Morgan fingerprint density at radius 2 is 2.07 bits per heavy atom. The highest BCUT2D eigenvalue weighted by Crippen LogP contribution is 2.05. The van der Waals surface area contributed by atoms with Crippen LogP contribution in [0, 0.1) is 12.0 Å². The van der Waals surface area contributed by atoms with Gasteiger partial charge in [-0.05, 0) is 17.7 Å². The van der Waals surface area contributed by atoms with Crippen molar-refractivity contribution >= 4 is 5.97 Å². The number of ether oxygens (including phenoxy) is 1. The van der Waals surface area contributed by atoms with Crippen LogP contribution in [0.3, 0.4) is 0 Å². The molecule has 0 fully saturated rings. The third kappa shape index (κ3) is 2.83. The molecule has 1 N–H and O–H groups in total. The molecule has 0 aliphatic heterocycles. The normalized spacial score (nSPS) is 8.64. The van der Waals surface area contributed by atoms with Gasteiger partial charge in [-0.15, -0.1) is 0 Å². The zero-order valence-electron chi connectivity index (χ0n) is 7.78. The van der Waals surface area contributed by atoms with E-state index in [2.05, 4.69) is 12.0 Å². The lowest BCUT2D eigenvalue weighted by Gasteiger charge is -1.99. The van der Waals surface area contributed by atoms with Crippen LogP contribution >= 0.6 is 0 Å². The molecule has 0 heterocycles. The largest absolute Gasteiger partial charge is 0.478 e.